The van der Waals surface area contributed by atoms with Gasteiger partial charge in [0.15, 0.2) is 11.5 Å². The van der Waals surface area contributed by atoms with Gasteiger partial charge < -0.3 is 15.2 Å². The fraction of sp³-hybridized carbons (Fsp3) is 0.133. The molecule has 1 aliphatic heterocycles. The van der Waals surface area contributed by atoms with Gasteiger partial charge in [0.25, 0.3) is 0 Å². The van der Waals surface area contributed by atoms with E-state index in [1.54, 1.807) is 18.2 Å². The molecule has 0 spiro atoms. The molecule has 2 aromatic rings. The topological polar surface area (TPSA) is 58.6 Å². The second kappa shape index (κ2) is 4.31. The van der Waals surface area contributed by atoms with E-state index in [2.05, 4.69) is 12.2 Å². The van der Waals surface area contributed by atoms with Crippen molar-refractivity contribution < 1.29 is 14.6 Å². The van der Waals surface area contributed by atoms with Gasteiger partial charge in [-0.1, -0.05) is 19.1 Å². The van der Waals surface area contributed by atoms with Crippen molar-refractivity contribution in [3.05, 3.63) is 47.5 Å². The molecule has 0 atom stereocenters. The third-order valence-electron chi connectivity index (χ3n) is 3.19. The maximum absolute atomic E-state index is 11.2. The van der Waals surface area contributed by atoms with Gasteiger partial charge in [-0.05, 0) is 36.2 Å². The Hall–Kier alpha value is -2.49. The lowest BCUT2D eigenvalue weighted by molar-refractivity contribution is 0.0697. The molecule has 0 saturated heterocycles. The first-order valence-corrected chi connectivity index (χ1v) is 6.13. The summed E-state index contributed by atoms with van der Waals surface area (Å²) in [7, 11) is 0. The van der Waals surface area contributed by atoms with E-state index in [-0.39, 0.29) is 5.56 Å². The molecule has 96 valence electrons. The van der Waals surface area contributed by atoms with Crippen LogP contribution in [0, 0.1) is 0 Å². The summed E-state index contributed by atoms with van der Waals surface area (Å²) in [6, 6.07) is 10.9. The molecule has 0 fully saturated rings. The lowest BCUT2D eigenvalue weighted by Gasteiger charge is -2.23. The summed E-state index contributed by atoms with van der Waals surface area (Å²) >= 11 is 0. The summed E-state index contributed by atoms with van der Waals surface area (Å²) in [4.78, 5) is 11.2. The first kappa shape index (κ1) is 11.6. The molecule has 1 aliphatic rings. The van der Waals surface area contributed by atoms with Crippen LogP contribution in [0.2, 0.25) is 0 Å². The van der Waals surface area contributed by atoms with Crippen LogP contribution in [0.5, 0.6) is 11.5 Å². The second-order valence-electron chi connectivity index (χ2n) is 4.39. The number of hydrogen-bond acceptors (Lipinski definition) is 3. The van der Waals surface area contributed by atoms with Crippen molar-refractivity contribution >= 4 is 17.3 Å². The number of carbonyl (C=O) groups is 1. The standard InChI is InChI=1S/C15H13NO3/c1-2-9-6-7-11-13(8-9)19-12-5-3-4-10(15(17)18)14(12)16-11/h3-8,16H,2H2,1H3,(H,17,18). The van der Waals surface area contributed by atoms with Gasteiger partial charge in [-0.3, -0.25) is 0 Å². The smallest absolute Gasteiger partial charge is 0.337 e. The van der Waals surface area contributed by atoms with Crippen LogP contribution in [0.25, 0.3) is 0 Å². The van der Waals surface area contributed by atoms with Gasteiger partial charge in [-0.15, -0.1) is 0 Å². The Bertz CT molecular complexity index is 664. The minimum absolute atomic E-state index is 0.211. The van der Waals surface area contributed by atoms with Crippen LogP contribution in [0.1, 0.15) is 22.8 Å². The fourth-order valence-electron chi connectivity index (χ4n) is 2.15. The third-order valence-corrected chi connectivity index (χ3v) is 3.19. The number of aromatic carboxylic acids is 1. The van der Waals surface area contributed by atoms with E-state index in [0.29, 0.717) is 11.4 Å². The molecular weight excluding hydrogens is 242 g/mol. The van der Waals surface area contributed by atoms with Crippen molar-refractivity contribution in [3.8, 4) is 11.5 Å². The normalized spacial score (nSPS) is 11.8. The Balaban J connectivity index is 2.08. The number of para-hydroxylation sites is 1. The van der Waals surface area contributed by atoms with Gasteiger partial charge in [0.2, 0.25) is 0 Å². The minimum Gasteiger partial charge on any atom is -0.478 e. The van der Waals surface area contributed by atoms with Crippen molar-refractivity contribution in [2.75, 3.05) is 5.32 Å². The van der Waals surface area contributed by atoms with Gasteiger partial charge >= 0.3 is 5.97 Å². The molecule has 4 nitrogen and oxygen atoms in total. The summed E-state index contributed by atoms with van der Waals surface area (Å²) in [5, 5.41) is 12.3. The van der Waals surface area contributed by atoms with Crippen molar-refractivity contribution in [3.63, 3.8) is 0 Å². The molecular formula is C15H13NO3. The number of rotatable bonds is 2. The molecule has 0 aromatic heterocycles. The van der Waals surface area contributed by atoms with Crippen LogP contribution in [-0.4, -0.2) is 11.1 Å². The van der Waals surface area contributed by atoms with Crippen LogP contribution in [0.4, 0.5) is 11.4 Å². The number of hydrogen-bond donors (Lipinski definition) is 2. The predicted molar refractivity (Wildman–Crippen MR) is 72.6 cm³/mol. The zero-order valence-corrected chi connectivity index (χ0v) is 10.4. The van der Waals surface area contributed by atoms with E-state index in [1.807, 2.05) is 18.2 Å². The Morgan fingerprint density at radius 2 is 2.11 bits per heavy atom. The molecule has 2 aromatic carbocycles. The summed E-state index contributed by atoms with van der Waals surface area (Å²) < 4.78 is 5.78. The highest BCUT2D eigenvalue weighted by Crippen LogP contribution is 2.43. The van der Waals surface area contributed by atoms with Crippen molar-refractivity contribution in [1.82, 2.24) is 0 Å². The number of aryl methyl sites for hydroxylation is 1. The van der Waals surface area contributed by atoms with Gasteiger partial charge in [0.05, 0.1) is 16.9 Å². The molecule has 0 bridgehead atoms. The second-order valence-corrected chi connectivity index (χ2v) is 4.39. The molecule has 4 heteroatoms. The Kier molecular flexibility index (Phi) is 2.63. The van der Waals surface area contributed by atoms with Gasteiger partial charge in [-0.25, -0.2) is 4.79 Å². The number of carboxylic acids is 1. The fourth-order valence-corrected chi connectivity index (χ4v) is 2.15. The van der Waals surface area contributed by atoms with Crippen molar-refractivity contribution in [2.45, 2.75) is 13.3 Å². The highest BCUT2D eigenvalue weighted by atomic mass is 16.5. The number of ether oxygens (including phenoxy) is 1. The average molecular weight is 255 g/mol. The minimum atomic E-state index is -0.971. The van der Waals surface area contributed by atoms with Gasteiger partial charge in [0, 0.05) is 0 Å². The number of benzene rings is 2. The van der Waals surface area contributed by atoms with Crippen LogP contribution in [0.15, 0.2) is 36.4 Å². The number of carboxylic acid groups (broad SMARTS) is 1. The van der Waals surface area contributed by atoms with Gasteiger partial charge in [-0.2, -0.15) is 0 Å². The zero-order valence-electron chi connectivity index (χ0n) is 10.4. The summed E-state index contributed by atoms with van der Waals surface area (Å²) in [6.45, 7) is 2.08. The van der Waals surface area contributed by atoms with E-state index in [1.165, 1.54) is 5.56 Å². The zero-order chi connectivity index (χ0) is 13.4. The maximum Gasteiger partial charge on any atom is 0.337 e. The SMILES string of the molecule is CCc1ccc2c(c1)Oc1cccc(C(=O)O)c1N2. The largest absolute Gasteiger partial charge is 0.478 e. The van der Waals surface area contributed by atoms with E-state index in [9.17, 15) is 9.90 Å². The molecule has 3 rings (SSSR count). The summed E-state index contributed by atoms with van der Waals surface area (Å²) in [5.74, 6) is 0.302. The molecule has 1 heterocycles. The van der Waals surface area contributed by atoms with Crippen molar-refractivity contribution in [1.29, 1.82) is 0 Å². The highest BCUT2D eigenvalue weighted by Gasteiger charge is 2.21. The Labute approximate surface area is 110 Å². The van der Waals surface area contributed by atoms with Gasteiger partial charge in [0.1, 0.15) is 0 Å². The van der Waals surface area contributed by atoms with Crippen LogP contribution < -0.4 is 10.1 Å². The lowest BCUT2D eigenvalue weighted by atomic mass is 10.1. The molecule has 19 heavy (non-hydrogen) atoms. The van der Waals surface area contributed by atoms with E-state index >= 15 is 0 Å². The Morgan fingerprint density at radius 1 is 1.26 bits per heavy atom. The van der Waals surface area contributed by atoms with E-state index in [4.69, 9.17) is 4.74 Å². The number of nitrogens with one attached hydrogen (secondary N) is 1. The highest BCUT2D eigenvalue weighted by molar-refractivity contribution is 5.98. The quantitative estimate of drug-likeness (QED) is 0.731. The van der Waals surface area contributed by atoms with Crippen LogP contribution >= 0.6 is 0 Å². The molecule has 0 amide bonds. The first-order chi connectivity index (χ1) is 9.19. The molecule has 0 aliphatic carbocycles. The summed E-state index contributed by atoms with van der Waals surface area (Å²) in [5.41, 5.74) is 2.69. The van der Waals surface area contributed by atoms with Crippen molar-refractivity contribution in [2.24, 2.45) is 0 Å². The monoisotopic (exact) mass is 255 g/mol. The van der Waals surface area contributed by atoms with E-state index < -0.39 is 5.97 Å². The molecule has 0 radical (unpaired) electrons. The van der Waals surface area contributed by atoms with Crippen LogP contribution in [-0.2, 0) is 6.42 Å². The molecule has 0 saturated carbocycles. The molecule has 2 N–H and O–H groups in total. The number of fused-ring (bicyclic) bond motifs is 2. The predicted octanol–water partition coefficient (Wildman–Crippen LogP) is 3.80. The summed E-state index contributed by atoms with van der Waals surface area (Å²) in [6.07, 6.45) is 0.929. The third kappa shape index (κ3) is 1.91. The maximum atomic E-state index is 11.2. The average Bonchev–Trinajstić information content (AvgIpc) is 2.43. The molecule has 0 unspecified atom stereocenters. The first-order valence-electron chi connectivity index (χ1n) is 6.13. The van der Waals surface area contributed by atoms with Crippen LogP contribution in [0.3, 0.4) is 0 Å². The lowest BCUT2D eigenvalue weighted by Crippen LogP contribution is -2.09. The Morgan fingerprint density at radius 3 is 2.84 bits per heavy atom. The van der Waals surface area contributed by atoms with E-state index in [0.717, 1.165) is 17.9 Å². The number of anilines is 2.